The highest BCUT2D eigenvalue weighted by atomic mass is 19.1. The summed E-state index contributed by atoms with van der Waals surface area (Å²) < 4.78 is 37.9. The molecule has 11 heteroatoms. The third-order valence-electron chi connectivity index (χ3n) is 6.84. The highest BCUT2D eigenvalue weighted by Crippen LogP contribution is 2.38. The Kier molecular flexibility index (Phi) is 9.98. The van der Waals surface area contributed by atoms with Crippen molar-refractivity contribution in [2.45, 2.75) is 12.8 Å². The summed E-state index contributed by atoms with van der Waals surface area (Å²) in [6, 6.07) is 17.4. The highest BCUT2D eigenvalue weighted by molar-refractivity contribution is 6.01. The Morgan fingerprint density at radius 3 is 2.56 bits per heavy atom. The maximum absolute atomic E-state index is 15.0. The molecule has 0 unspecified atom stereocenters. The monoisotopic (exact) mass is 588 g/mol. The molecule has 5 rings (SSSR count). The normalized spacial score (nSPS) is 13.3. The van der Waals surface area contributed by atoms with Crippen LogP contribution in [-0.2, 0) is 16.0 Å². The number of benzene rings is 3. The Morgan fingerprint density at radius 2 is 1.79 bits per heavy atom. The van der Waals surface area contributed by atoms with Gasteiger partial charge in [0, 0.05) is 49.0 Å². The highest BCUT2D eigenvalue weighted by Gasteiger charge is 2.16. The summed E-state index contributed by atoms with van der Waals surface area (Å²) >= 11 is 0. The number of ether oxygens (including phenoxy) is 4. The molecule has 1 aromatic heterocycles. The van der Waals surface area contributed by atoms with Gasteiger partial charge in [-0.25, -0.2) is 9.18 Å². The molecule has 4 aromatic rings. The molecular formula is C32H33FN4O6. The molecule has 2 heterocycles. The molecule has 1 fully saturated rings. The van der Waals surface area contributed by atoms with Crippen molar-refractivity contribution >= 4 is 28.5 Å². The number of pyridine rings is 1. The predicted molar refractivity (Wildman–Crippen MR) is 159 cm³/mol. The summed E-state index contributed by atoms with van der Waals surface area (Å²) in [4.78, 5) is 31.2. The summed E-state index contributed by atoms with van der Waals surface area (Å²) in [7, 11) is 1.55. The lowest BCUT2D eigenvalue weighted by Gasteiger charge is -2.26. The first-order valence-corrected chi connectivity index (χ1v) is 14.0. The Morgan fingerprint density at radius 1 is 0.977 bits per heavy atom. The molecule has 10 nitrogen and oxygen atoms in total. The van der Waals surface area contributed by atoms with Gasteiger partial charge in [-0.05, 0) is 36.2 Å². The third-order valence-corrected chi connectivity index (χ3v) is 6.84. The van der Waals surface area contributed by atoms with E-state index in [0.717, 1.165) is 50.9 Å². The zero-order valence-corrected chi connectivity index (χ0v) is 23.8. The van der Waals surface area contributed by atoms with Crippen LogP contribution in [0.1, 0.15) is 12.0 Å². The van der Waals surface area contributed by atoms with E-state index >= 15 is 4.39 Å². The number of hydrogen-bond donors (Lipinski definition) is 2. The van der Waals surface area contributed by atoms with Crippen molar-refractivity contribution in [3.8, 4) is 23.0 Å². The van der Waals surface area contributed by atoms with Gasteiger partial charge >= 0.3 is 6.03 Å². The number of imide groups is 1. The number of fused-ring (bicyclic) bond motifs is 1. The molecule has 0 aliphatic carbocycles. The summed E-state index contributed by atoms with van der Waals surface area (Å²) in [5, 5.41) is 5.31. The van der Waals surface area contributed by atoms with E-state index in [4.69, 9.17) is 18.9 Å². The number of amides is 3. The summed E-state index contributed by atoms with van der Waals surface area (Å²) in [5.41, 5.74) is 1.52. The molecule has 1 aliphatic heterocycles. The second-order valence-electron chi connectivity index (χ2n) is 9.90. The quantitative estimate of drug-likeness (QED) is 0.231. The van der Waals surface area contributed by atoms with Crippen molar-refractivity contribution < 1.29 is 32.9 Å². The number of nitrogens with one attached hydrogen (secondary N) is 2. The molecule has 1 aliphatic rings. The van der Waals surface area contributed by atoms with Crippen LogP contribution in [-0.4, -0.2) is 68.4 Å². The van der Waals surface area contributed by atoms with Crippen LogP contribution in [0.3, 0.4) is 0 Å². The zero-order valence-electron chi connectivity index (χ0n) is 23.8. The number of rotatable bonds is 11. The van der Waals surface area contributed by atoms with Crippen molar-refractivity contribution in [2.75, 3.05) is 51.9 Å². The van der Waals surface area contributed by atoms with Gasteiger partial charge in [-0.3, -0.25) is 20.0 Å². The number of anilines is 1. The molecule has 43 heavy (non-hydrogen) atoms. The Hall–Kier alpha value is -4.74. The fraction of sp³-hybridized carbons (Fsp3) is 0.281. The van der Waals surface area contributed by atoms with Crippen LogP contribution >= 0.6 is 0 Å². The van der Waals surface area contributed by atoms with Crippen molar-refractivity contribution in [3.63, 3.8) is 0 Å². The first-order valence-electron chi connectivity index (χ1n) is 14.0. The molecule has 0 saturated carbocycles. The van der Waals surface area contributed by atoms with Crippen LogP contribution in [0, 0.1) is 5.82 Å². The molecule has 2 N–H and O–H groups in total. The molecule has 3 aromatic carbocycles. The van der Waals surface area contributed by atoms with Crippen molar-refractivity contribution in [1.82, 2.24) is 15.2 Å². The van der Waals surface area contributed by atoms with Gasteiger partial charge in [0.05, 0.1) is 38.9 Å². The molecule has 0 radical (unpaired) electrons. The van der Waals surface area contributed by atoms with Gasteiger partial charge in [-0.1, -0.05) is 30.3 Å². The number of carbonyl (C=O) groups excluding carboxylic acids is 2. The number of nitrogens with zero attached hydrogens (tertiary/aromatic N) is 2. The van der Waals surface area contributed by atoms with Gasteiger partial charge < -0.3 is 24.3 Å². The molecule has 224 valence electrons. The topological polar surface area (TPSA) is 111 Å². The van der Waals surface area contributed by atoms with Crippen molar-refractivity contribution in [3.05, 3.63) is 84.3 Å². The number of carbonyl (C=O) groups is 2. The van der Waals surface area contributed by atoms with Gasteiger partial charge in [0.2, 0.25) is 5.91 Å². The summed E-state index contributed by atoms with van der Waals surface area (Å²) in [5.74, 6) is 0.191. The second kappa shape index (κ2) is 14.4. The second-order valence-corrected chi connectivity index (χ2v) is 9.90. The van der Waals surface area contributed by atoms with Crippen LogP contribution in [0.15, 0.2) is 72.9 Å². The van der Waals surface area contributed by atoms with Crippen LogP contribution < -0.4 is 24.8 Å². The van der Waals surface area contributed by atoms with E-state index in [1.807, 2.05) is 18.2 Å². The third kappa shape index (κ3) is 8.18. The number of methoxy groups -OCH3 is 1. The standard InChI is InChI=1S/C32H33FN4O6/c1-40-29-20-24-26(21-30(29)42-15-5-12-37-13-16-41-17-14-37)34-11-10-27(24)43-28-9-8-23(19-25(28)33)35-32(39)36-31(38)18-22-6-3-2-4-7-22/h2-4,6-11,19-21H,5,12-18H2,1H3,(H2,35,36,38,39). The van der Waals surface area contributed by atoms with E-state index < -0.39 is 17.8 Å². The van der Waals surface area contributed by atoms with E-state index in [0.29, 0.717) is 34.8 Å². The SMILES string of the molecule is COc1cc2c(Oc3ccc(NC(=O)NC(=O)Cc4ccccc4)cc3F)ccnc2cc1OCCCN1CCOCC1. The molecule has 0 bridgehead atoms. The number of aromatic nitrogens is 1. The van der Waals surface area contributed by atoms with Crippen LogP contribution in [0.25, 0.3) is 10.9 Å². The number of morpholine rings is 1. The Balaban J connectivity index is 1.21. The van der Waals surface area contributed by atoms with Gasteiger partial charge in [0.1, 0.15) is 5.75 Å². The Labute approximate surface area is 248 Å². The minimum Gasteiger partial charge on any atom is -0.493 e. The van der Waals surface area contributed by atoms with Gasteiger partial charge in [0.25, 0.3) is 0 Å². The first kappa shape index (κ1) is 29.7. The van der Waals surface area contributed by atoms with E-state index in [9.17, 15) is 9.59 Å². The molecule has 0 atom stereocenters. The summed E-state index contributed by atoms with van der Waals surface area (Å²) in [6.07, 6.45) is 2.47. The van der Waals surface area contributed by atoms with Crippen LogP contribution in [0.4, 0.5) is 14.9 Å². The number of urea groups is 1. The smallest absolute Gasteiger partial charge is 0.325 e. The number of halogens is 1. The lowest BCUT2D eigenvalue weighted by atomic mass is 10.1. The minimum atomic E-state index is -0.764. The van der Waals surface area contributed by atoms with E-state index in [1.54, 1.807) is 43.6 Å². The number of hydrogen-bond acceptors (Lipinski definition) is 8. The van der Waals surface area contributed by atoms with Crippen LogP contribution in [0.2, 0.25) is 0 Å². The van der Waals surface area contributed by atoms with Crippen LogP contribution in [0.5, 0.6) is 23.0 Å². The van der Waals surface area contributed by atoms with Gasteiger partial charge in [-0.2, -0.15) is 0 Å². The van der Waals surface area contributed by atoms with Gasteiger partial charge in [-0.15, -0.1) is 0 Å². The molecule has 0 spiro atoms. The van der Waals surface area contributed by atoms with E-state index in [1.165, 1.54) is 12.1 Å². The molecule has 1 saturated heterocycles. The van der Waals surface area contributed by atoms with Gasteiger partial charge in [0.15, 0.2) is 23.1 Å². The average Bonchev–Trinajstić information content (AvgIpc) is 3.01. The van der Waals surface area contributed by atoms with Crippen molar-refractivity contribution in [1.29, 1.82) is 0 Å². The molecular weight excluding hydrogens is 555 g/mol. The van der Waals surface area contributed by atoms with E-state index in [-0.39, 0.29) is 17.9 Å². The fourth-order valence-electron chi connectivity index (χ4n) is 4.68. The predicted octanol–water partition coefficient (Wildman–Crippen LogP) is 5.17. The van der Waals surface area contributed by atoms with Crippen molar-refractivity contribution in [2.24, 2.45) is 0 Å². The largest absolute Gasteiger partial charge is 0.493 e. The zero-order chi connectivity index (χ0) is 30.0. The van der Waals surface area contributed by atoms with E-state index in [2.05, 4.69) is 20.5 Å². The lowest BCUT2D eigenvalue weighted by molar-refractivity contribution is -0.119. The Bertz CT molecular complexity index is 1560. The minimum absolute atomic E-state index is 0.0443. The summed E-state index contributed by atoms with van der Waals surface area (Å²) in [6.45, 7) is 4.81. The maximum Gasteiger partial charge on any atom is 0.325 e. The molecule has 3 amide bonds. The first-order chi connectivity index (χ1) is 21.0. The average molecular weight is 589 g/mol. The lowest BCUT2D eigenvalue weighted by Crippen LogP contribution is -2.37. The maximum atomic E-state index is 15.0. The fourth-order valence-corrected chi connectivity index (χ4v) is 4.68.